The van der Waals surface area contributed by atoms with Gasteiger partial charge in [-0.25, -0.2) is 0 Å². The number of ether oxygens (including phenoxy) is 1. The van der Waals surface area contributed by atoms with Crippen molar-refractivity contribution >= 4 is 11.8 Å². The Morgan fingerprint density at radius 3 is 2.24 bits per heavy atom. The van der Waals surface area contributed by atoms with Gasteiger partial charge in [0.05, 0.1) is 6.61 Å². The first-order valence-electron chi connectivity index (χ1n) is 14.7. The topological polar surface area (TPSA) is 32.7 Å². The normalized spacial score (nSPS) is 19.3. The van der Waals surface area contributed by atoms with Gasteiger partial charge in [-0.05, 0) is 80.4 Å². The quantitative estimate of drug-likeness (QED) is 0.177. The third-order valence-corrected chi connectivity index (χ3v) is 9.30. The highest BCUT2D eigenvalue weighted by atomic mass is 32.2. The smallest absolute Gasteiger partial charge is 0.126 e. The Balaban J connectivity index is 1.09. The molecule has 0 aromatic heterocycles. The van der Waals surface area contributed by atoms with Crippen LogP contribution in [-0.4, -0.2) is 42.0 Å². The van der Waals surface area contributed by atoms with E-state index >= 15 is 0 Å². The summed E-state index contributed by atoms with van der Waals surface area (Å²) in [6.45, 7) is 4.61. The summed E-state index contributed by atoms with van der Waals surface area (Å²) in [5, 5.41) is 10.0. The molecule has 0 aliphatic carbocycles. The van der Waals surface area contributed by atoms with Gasteiger partial charge in [0.25, 0.3) is 0 Å². The summed E-state index contributed by atoms with van der Waals surface area (Å²) in [4.78, 5) is 3.99. The molecule has 0 radical (unpaired) electrons. The number of hydrogen-bond acceptors (Lipinski definition) is 4. The summed E-state index contributed by atoms with van der Waals surface area (Å²) < 4.78 is 6.11. The van der Waals surface area contributed by atoms with Gasteiger partial charge in [0, 0.05) is 28.4 Å². The lowest BCUT2D eigenvalue weighted by Crippen LogP contribution is -2.25. The third kappa shape index (κ3) is 7.36. The van der Waals surface area contributed by atoms with Crippen LogP contribution in [0, 0.1) is 0 Å². The van der Waals surface area contributed by atoms with Crippen LogP contribution >= 0.6 is 11.8 Å². The van der Waals surface area contributed by atoms with Crippen LogP contribution in [0.5, 0.6) is 11.5 Å². The van der Waals surface area contributed by atoms with Crippen molar-refractivity contribution in [2.45, 2.75) is 74.5 Å². The summed E-state index contributed by atoms with van der Waals surface area (Å²) in [5.74, 6) is 2.70. The highest BCUT2D eigenvalue weighted by molar-refractivity contribution is 7.99. The Bertz CT molecular complexity index is 1110. The van der Waals surface area contributed by atoms with E-state index < -0.39 is 0 Å². The van der Waals surface area contributed by atoms with Crippen LogP contribution in [-0.2, 0) is 0 Å². The number of benzene rings is 3. The average molecular weight is 530 g/mol. The minimum absolute atomic E-state index is 0.205. The highest BCUT2D eigenvalue weighted by Gasteiger charge is 2.33. The molecule has 2 aliphatic rings. The largest absolute Gasteiger partial charge is 0.508 e. The van der Waals surface area contributed by atoms with Crippen LogP contribution in [0.15, 0.2) is 77.7 Å². The minimum atomic E-state index is 0.205. The van der Waals surface area contributed by atoms with Crippen LogP contribution in [0.1, 0.15) is 86.3 Å². The molecule has 1 fully saturated rings. The second-order valence-corrected chi connectivity index (χ2v) is 12.1. The molecule has 3 nitrogen and oxygen atoms in total. The molecule has 1 unspecified atom stereocenters. The molecule has 0 saturated carbocycles. The molecule has 0 amide bonds. The number of rotatable bonds is 13. The minimum Gasteiger partial charge on any atom is -0.508 e. The van der Waals surface area contributed by atoms with E-state index in [0.29, 0.717) is 6.61 Å². The fourth-order valence-corrected chi connectivity index (χ4v) is 7.00. The lowest BCUT2D eigenvalue weighted by molar-refractivity contribution is 0.248. The van der Waals surface area contributed by atoms with Crippen molar-refractivity contribution in [2.75, 3.05) is 32.0 Å². The van der Waals surface area contributed by atoms with Gasteiger partial charge in [0.2, 0.25) is 0 Å². The Morgan fingerprint density at radius 1 is 0.763 bits per heavy atom. The molecule has 2 aliphatic heterocycles. The maximum Gasteiger partial charge on any atom is 0.126 e. The van der Waals surface area contributed by atoms with E-state index in [-0.39, 0.29) is 17.6 Å². The molecular formula is C34H43NO2S. The van der Waals surface area contributed by atoms with Crippen LogP contribution in [0.3, 0.4) is 0 Å². The number of hydrogen-bond donors (Lipinski definition) is 1. The molecule has 2 heterocycles. The van der Waals surface area contributed by atoms with Crippen LogP contribution in [0.25, 0.3) is 0 Å². The number of phenolic OH excluding ortho intramolecular Hbond substituents is 1. The van der Waals surface area contributed by atoms with Crippen molar-refractivity contribution in [3.63, 3.8) is 0 Å². The number of fused-ring (bicyclic) bond motifs is 1. The van der Waals surface area contributed by atoms with Gasteiger partial charge < -0.3 is 14.7 Å². The van der Waals surface area contributed by atoms with Crippen molar-refractivity contribution < 1.29 is 9.84 Å². The van der Waals surface area contributed by atoms with Crippen LogP contribution in [0.4, 0.5) is 0 Å². The van der Waals surface area contributed by atoms with E-state index in [1.807, 2.05) is 17.8 Å². The lowest BCUT2D eigenvalue weighted by atomic mass is 9.76. The summed E-state index contributed by atoms with van der Waals surface area (Å²) in [6, 6.07) is 25.4. The average Bonchev–Trinajstić information content (AvgIpc) is 3.48. The SMILES string of the molecule is Oc1ccc2c(c1)OC[C@H](c1ccccc1)C2c1ccc(SCCCCCCCCCN2CCCC2)cc1. The maximum absolute atomic E-state index is 10.0. The molecule has 3 aromatic rings. The molecule has 1 saturated heterocycles. The molecule has 5 rings (SSSR count). The number of nitrogens with zero attached hydrogens (tertiary/aromatic N) is 1. The molecule has 202 valence electrons. The zero-order valence-electron chi connectivity index (χ0n) is 22.7. The molecule has 38 heavy (non-hydrogen) atoms. The molecule has 4 heteroatoms. The summed E-state index contributed by atoms with van der Waals surface area (Å²) in [6.07, 6.45) is 12.4. The van der Waals surface area contributed by atoms with E-state index in [2.05, 4.69) is 59.5 Å². The first kappa shape index (κ1) is 27.1. The van der Waals surface area contributed by atoms with Crippen molar-refractivity contribution in [2.24, 2.45) is 0 Å². The number of likely N-dealkylation sites (tertiary alicyclic amines) is 1. The van der Waals surface area contributed by atoms with Gasteiger partial charge in [-0.1, -0.05) is 80.6 Å². The van der Waals surface area contributed by atoms with Gasteiger partial charge in [0.15, 0.2) is 0 Å². The zero-order valence-corrected chi connectivity index (χ0v) is 23.5. The predicted molar refractivity (Wildman–Crippen MR) is 160 cm³/mol. The number of thioether (sulfide) groups is 1. The highest BCUT2D eigenvalue weighted by Crippen LogP contribution is 2.47. The number of phenols is 1. The predicted octanol–water partition coefficient (Wildman–Crippen LogP) is 8.62. The Morgan fingerprint density at radius 2 is 1.47 bits per heavy atom. The maximum atomic E-state index is 10.0. The van der Waals surface area contributed by atoms with Crippen molar-refractivity contribution in [3.05, 3.63) is 89.5 Å². The van der Waals surface area contributed by atoms with Gasteiger partial charge in [-0.15, -0.1) is 11.8 Å². The molecule has 0 bridgehead atoms. The second-order valence-electron chi connectivity index (χ2n) is 11.0. The van der Waals surface area contributed by atoms with Gasteiger partial charge in [-0.3, -0.25) is 0 Å². The Hall–Kier alpha value is -2.43. The van der Waals surface area contributed by atoms with E-state index in [9.17, 15) is 5.11 Å². The van der Waals surface area contributed by atoms with Gasteiger partial charge >= 0.3 is 0 Å². The van der Waals surface area contributed by atoms with Crippen molar-refractivity contribution in [1.29, 1.82) is 0 Å². The molecule has 3 aromatic carbocycles. The fraction of sp³-hybridized carbons (Fsp3) is 0.471. The van der Waals surface area contributed by atoms with Crippen LogP contribution in [0.2, 0.25) is 0 Å². The van der Waals surface area contributed by atoms with E-state index in [1.165, 1.54) is 99.2 Å². The van der Waals surface area contributed by atoms with Gasteiger partial charge in [-0.2, -0.15) is 0 Å². The Labute approximate surface area is 233 Å². The molecule has 2 atom stereocenters. The first-order chi connectivity index (χ1) is 18.8. The van der Waals surface area contributed by atoms with E-state index in [0.717, 1.165) is 11.3 Å². The summed E-state index contributed by atoms with van der Waals surface area (Å²) >= 11 is 1.98. The number of aromatic hydroxyl groups is 1. The third-order valence-electron chi connectivity index (χ3n) is 8.21. The monoisotopic (exact) mass is 529 g/mol. The summed E-state index contributed by atoms with van der Waals surface area (Å²) in [5.41, 5.74) is 3.75. The summed E-state index contributed by atoms with van der Waals surface area (Å²) in [7, 11) is 0. The van der Waals surface area contributed by atoms with Crippen molar-refractivity contribution in [1.82, 2.24) is 4.90 Å². The standard InChI is InChI=1S/C34H43NO2S/c36-29-17-20-31-33(25-29)37-26-32(27-13-7-6-8-14-27)34(31)28-15-18-30(19-16-28)38-24-12-5-3-1-2-4-9-21-35-22-10-11-23-35/h6-8,13-20,25,32,34,36H,1-5,9-12,21-24,26H2/t32-,34?/m1/s1. The molecule has 1 N–H and O–H groups in total. The first-order valence-corrected chi connectivity index (χ1v) is 15.7. The Kier molecular flexibility index (Phi) is 10.1. The van der Waals surface area contributed by atoms with E-state index in [1.54, 1.807) is 12.1 Å². The van der Waals surface area contributed by atoms with Crippen molar-refractivity contribution in [3.8, 4) is 11.5 Å². The molecule has 0 spiro atoms. The number of unbranched alkanes of at least 4 members (excludes halogenated alkanes) is 6. The van der Waals surface area contributed by atoms with Gasteiger partial charge in [0.1, 0.15) is 11.5 Å². The zero-order chi connectivity index (χ0) is 26.0. The second kappa shape index (κ2) is 14.1. The molecular weight excluding hydrogens is 486 g/mol. The van der Waals surface area contributed by atoms with Crippen LogP contribution < -0.4 is 4.74 Å². The lowest BCUT2D eigenvalue weighted by Gasteiger charge is -2.34. The fourth-order valence-electron chi connectivity index (χ4n) is 6.09. The van der Waals surface area contributed by atoms with E-state index in [4.69, 9.17) is 4.74 Å².